The lowest BCUT2D eigenvalue weighted by Gasteiger charge is -2.32. The van der Waals surface area contributed by atoms with Crippen molar-refractivity contribution in [2.24, 2.45) is 12.5 Å². The third-order valence-corrected chi connectivity index (χ3v) is 7.80. The van der Waals surface area contributed by atoms with E-state index in [1.54, 1.807) is 36.5 Å². The number of rotatable bonds is 5. The first-order valence-electron chi connectivity index (χ1n) is 13.2. The highest BCUT2D eigenvalue weighted by Crippen LogP contribution is 2.41. The van der Waals surface area contributed by atoms with Gasteiger partial charge in [0, 0.05) is 43.8 Å². The summed E-state index contributed by atoms with van der Waals surface area (Å²) in [5, 5.41) is 3.05. The van der Waals surface area contributed by atoms with Crippen LogP contribution in [-0.4, -0.2) is 31.6 Å². The number of benzene rings is 1. The maximum Gasteiger partial charge on any atom is 0.274 e. The third-order valence-electron chi connectivity index (χ3n) is 7.80. The average Bonchev–Trinajstić information content (AvgIpc) is 3.39. The van der Waals surface area contributed by atoms with Crippen LogP contribution in [0.25, 0.3) is 11.1 Å². The van der Waals surface area contributed by atoms with Crippen LogP contribution in [0, 0.1) is 11.2 Å². The van der Waals surface area contributed by atoms with E-state index >= 15 is 4.39 Å². The Labute approximate surface area is 226 Å². The Morgan fingerprint density at radius 2 is 1.92 bits per heavy atom. The lowest BCUT2D eigenvalue weighted by atomic mass is 9.90. The fourth-order valence-electron chi connectivity index (χ4n) is 6.08. The first-order chi connectivity index (χ1) is 18.6. The Balaban J connectivity index is 1.41. The molecule has 0 spiro atoms. The summed E-state index contributed by atoms with van der Waals surface area (Å²) in [6.45, 7) is 7.65. The Morgan fingerprint density at radius 1 is 1.10 bits per heavy atom. The summed E-state index contributed by atoms with van der Waals surface area (Å²) < 4.78 is 18.8. The second-order valence-corrected chi connectivity index (χ2v) is 11.2. The smallest absolute Gasteiger partial charge is 0.274 e. The molecule has 0 bridgehead atoms. The number of anilines is 3. The molecule has 200 valence electrons. The van der Waals surface area contributed by atoms with Gasteiger partial charge in [-0.25, -0.2) is 14.4 Å². The van der Waals surface area contributed by atoms with Gasteiger partial charge in [-0.15, -0.1) is 0 Å². The van der Waals surface area contributed by atoms with Crippen LogP contribution in [0.4, 0.5) is 21.6 Å². The number of pyridine rings is 1. The van der Waals surface area contributed by atoms with Gasteiger partial charge in [-0.3, -0.25) is 9.59 Å². The first kappa shape index (κ1) is 25.0. The normalized spacial score (nSPS) is 15.8. The summed E-state index contributed by atoms with van der Waals surface area (Å²) in [5.74, 6) is -0.0623. The van der Waals surface area contributed by atoms with Crippen molar-refractivity contribution in [3.63, 3.8) is 0 Å². The van der Waals surface area contributed by atoms with Crippen LogP contribution in [0.1, 0.15) is 48.1 Å². The standard InChI is InChI=1S/C30H31FN6O2/c1-5-21-22(19-10-23(28(38)35(4)16-19)34-27-6-7-32-17-33-27)12-20(31)13-24(21)37-9-8-36-25(29(37)39)11-18-14-30(2,3)15-26(18)36/h6-7,10-13,16-17H,5,8-9,14-15H2,1-4H3,(H,32,33,34). The molecule has 1 amide bonds. The van der Waals surface area contributed by atoms with Crippen molar-refractivity contribution in [3.05, 3.63) is 87.7 Å². The van der Waals surface area contributed by atoms with Gasteiger partial charge < -0.3 is 19.4 Å². The first-order valence-corrected chi connectivity index (χ1v) is 13.2. The van der Waals surface area contributed by atoms with E-state index in [1.165, 1.54) is 34.3 Å². The van der Waals surface area contributed by atoms with Crippen molar-refractivity contribution in [2.75, 3.05) is 16.8 Å². The summed E-state index contributed by atoms with van der Waals surface area (Å²) in [7, 11) is 1.66. The van der Waals surface area contributed by atoms with Crippen LogP contribution in [0.5, 0.6) is 0 Å². The highest BCUT2D eigenvalue weighted by molar-refractivity contribution is 6.07. The minimum absolute atomic E-state index is 0.105. The number of nitrogens with one attached hydrogen (secondary N) is 1. The number of carbonyl (C=O) groups is 1. The van der Waals surface area contributed by atoms with E-state index in [0.717, 1.165) is 18.4 Å². The molecule has 2 aliphatic rings. The molecule has 4 aromatic rings. The quantitative estimate of drug-likeness (QED) is 0.401. The van der Waals surface area contributed by atoms with Gasteiger partial charge in [-0.1, -0.05) is 20.8 Å². The number of hydrogen-bond acceptors (Lipinski definition) is 5. The van der Waals surface area contributed by atoms with Crippen LogP contribution in [-0.2, 0) is 32.9 Å². The zero-order valence-corrected chi connectivity index (χ0v) is 22.6. The van der Waals surface area contributed by atoms with Crippen LogP contribution in [0.3, 0.4) is 0 Å². The molecule has 1 aliphatic carbocycles. The number of aryl methyl sites for hydroxylation is 1. The van der Waals surface area contributed by atoms with Crippen LogP contribution in [0.2, 0.25) is 0 Å². The van der Waals surface area contributed by atoms with Gasteiger partial charge in [0.05, 0.1) is 5.69 Å². The Kier molecular flexibility index (Phi) is 5.89. The van der Waals surface area contributed by atoms with E-state index < -0.39 is 5.82 Å². The summed E-state index contributed by atoms with van der Waals surface area (Å²) in [4.78, 5) is 36.4. The number of nitrogens with zero attached hydrogens (tertiary/aromatic N) is 5. The molecule has 0 fully saturated rings. The number of amides is 1. The molecule has 6 rings (SSSR count). The second-order valence-electron chi connectivity index (χ2n) is 11.2. The maximum absolute atomic E-state index is 15.2. The minimum atomic E-state index is -0.436. The number of aromatic nitrogens is 4. The Hall–Kier alpha value is -4.27. The maximum atomic E-state index is 15.2. The second kappa shape index (κ2) is 9.18. The van der Waals surface area contributed by atoms with Crippen molar-refractivity contribution >= 4 is 23.1 Å². The van der Waals surface area contributed by atoms with Crippen LogP contribution < -0.4 is 15.8 Å². The molecule has 39 heavy (non-hydrogen) atoms. The molecule has 1 N–H and O–H groups in total. The predicted molar refractivity (Wildman–Crippen MR) is 149 cm³/mol. The molecule has 0 unspecified atom stereocenters. The predicted octanol–water partition coefficient (Wildman–Crippen LogP) is 4.87. The van der Waals surface area contributed by atoms with E-state index in [1.807, 2.05) is 13.0 Å². The largest absolute Gasteiger partial charge is 0.339 e. The van der Waals surface area contributed by atoms with Gasteiger partial charge in [0.15, 0.2) is 0 Å². The van der Waals surface area contributed by atoms with Crippen molar-refractivity contribution in [1.29, 1.82) is 0 Å². The van der Waals surface area contributed by atoms with E-state index in [2.05, 4.69) is 33.7 Å². The topological polar surface area (TPSA) is 85.1 Å². The summed E-state index contributed by atoms with van der Waals surface area (Å²) >= 11 is 0. The van der Waals surface area contributed by atoms with E-state index in [-0.39, 0.29) is 16.9 Å². The van der Waals surface area contributed by atoms with Gasteiger partial charge in [-0.05, 0) is 71.7 Å². The molecule has 0 radical (unpaired) electrons. The SMILES string of the molecule is CCc1c(-c2cc(Nc3ccncn3)c(=O)n(C)c2)cc(F)cc1N1CCn2c(cc3c2CC(C)(C)C3)C1=O. The highest BCUT2D eigenvalue weighted by Gasteiger charge is 2.37. The van der Waals surface area contributed by atoms with Gasteiger partial charge in [0.2, 0.25) is 0 Å². The van der Waals surface area contributed by atoms with Crippen molar-refractivity contribution < 1.29 is 9.18 Å². The third kappa shape index (κ3) is 4.31. The van der Waals surface area contributed by atoms with Crippen molar-refractivity contribution in [2.45, 2.75) is 46.6 Å². The number of carbonyl (C=O) groups excluding carboxylic acids is 1. The Bertz CT molecular complexity index is 1670. The molecule has 1 aromatic carbocycles. The minimum Gasteiger partial charge on any atom is -0.339 e. The molecular formula is C30H31FN6O2. The number of halogens is 1. The van der Waals surface area contributed by atoms with E-state index in [0.29, 0.717) is 53.5 Å². The molecule has 9 heteroatoms. The fraction of sp³-hybridized carbons (Fsp3) is 0.333. The molecule has 0 atom stereocenters. The summed E-state index contributed by atoms with van der Waals surface area (Å²) in [6.07, 6.45) is 7.17. The molecule has 0 saturated heterocycles. The van der Waals surface area contributed by atoms with E-state index in [4.69, 9.17) is 0 Å². The molecule has 1 aliphatic heterocycles. The van der Waals surface area contributed by atoms with Crippen LogP contribution in [0.15, 0.2) is 53.8 Å². The lowest BCUT2D eigenvalue weighted by molar-refractivity contribution is 0.0964. The summed E-state index contributed by atoms with van der Waals surface area (Å²) in [6, 6.07) is 8.33. The van der Waals surface area contributed by atoms with Gasteiger partial charge >= 0.3 is 0 Å². The van der Waals surface area contributed by atoms with E-state index in [9.17, 15) is 9.59 Å². The van der Waals surface area contributed by atoms with Gasteiger partial charge in [0.25, 0.3) is 11.5 Å². The number of hydrogen-bond donors (Lipinski definition) is 1. The molecule has 0 saturated carbocycles. The zero-order chi connectivity index (χ0) is 27.5. The highest BCUT2D eigenvalue weighted by atomic mass is 19.1. The van der Waals surface area contributed by atoms with Crippen LogP contribution >= 0.6 is 0 Å². The molecule has 4 heterocycles. The Morgan fingerprint density at radius 3 is 2.67 bits per heavy atom. The lowest BCUT2D eigenvalue weighted by Crippen LogP contribution is -2.41. The average molecular weight is 527 g/mol. The molecular weight excluding hydrogens is 495 g/mol. The zero-order valence-electron chi connectivity index (χ0n) is 22.6. The van der Waals surface area contributed by atoms with Crippen molar-refractivity contribution in [1.82, 2.24) is 19.1 Å². The monoisotopic (exact) mass is 526 g/mol. The van der Waals surface area contributed by atoms with Crippen molar-refractivity contribution in [3.8, 4) is 11.1 Å². The summed E-state index contributed by atoms with van der Waals surface area (Å²) in [5.41, 5.74) is 6.19. The van der Waals surface area contributed by atoms with Gasteiger partial charge in [-0.2, -0.15) is 0 Å². The fourth-order valence-corrected chi connectivity index (χ4v) is 6.08. The molecule has 8 nitrogen and oxygen atoms in total. The number of fused-ring (bicyclic) bond motifs is 3. The van der Waals surface area contributed by atoms with Gasteiger partial charge in [0.1, 0.15) is 29.3 Å². The molecule has 3 aromatic heterocycles.